The number of methoxy groups -OCH3 is 1. The van der Waals surface area contributed by atoms with E-state index in [1.807, 2.05) is 19.1 Å². The van der Waals surface area contributed by atoms with E-state index in [0.29, 0.717) is 27.9 Å². The Morgan fingerprint density at radius 1 is 1.19 bits per heavy atom. The third-order valence-electron chi connectivity index (χ3n) is 3.19. The Morgan fingerprint density at radius 3 is 2.57 bits per heavy atom. The van der Waals surface area contributed by atoms with E-state index in [0.717, 1.165) is 5.56 Å². The van der Waals surface area contributed by atoms with Gasteiger partial charge < -0.3 is 10.1 Å². The van der Waals surface area contributed by atoms with Crippen molar-refractivity contribution in [1.29, 1.82) is 0 Å². The summed E-state index contributed by atoms with van der Waals surface area (Å²) in [6, 6.07) is 9.79. The predicted octanol–water partition coefficient (Wildman–Crippen LogP) is 4.84. The average molecular weight is 328 g/mol. The van der Waals surface area contributed by atoms with Crippen LogP contribution in [0.5, 0.6) is 5.75 Å². The summed E-state index contributed by atoms with van der Waals surface area (Å²) < 4.78 is 19.4. The molecule has 0 aliphatic rings. The van der Waals surface area contributed by atoms with E-state index in [1.165, 1.54) is 6.07 Å². The Bertz CT molecular complexity index is 634. The van der Waals surface area contributed by atoms with Crippen LogP contribution >= 0.6 is 23.2 Å². The highest BCUT2D eigenvalue weighted by atomic mass is 35.5. The van der Waals surface area contributed by atoms with Crippen LogP contribution in [0.3, 0.4) is 0 Å². The number of benzene rings is 2. The number of halogens is 3. The number of nitrogens with one attached hydrogen (secondary N) is 1. The van der Waals surface area contributed by atoms with Gasteiger partial charge in [-0.1, -0.05) is 42.3 Å². The maximum Gasteiger partial charge on any atom is 0.137 e. The maximum atomic E-state index is 14.2. The molecule has 0 fully saturated rings. The van der Waals surface area contributed by atoms with Gasteiger partial charge in [0.05, 0.1) is 18.2 Å². The molecule has 0 amide bonds. The van der Waals surface area contributed by atoms with Crippen LogP contribution in [0.2, 0.25) is 10.0 Å². The second kappa shape index (κ2) is 7.12. The maximum absolute atomic E-state index is 14.2. The monoisotopic (exact) mass is 327 g/mol. The minimum absolute atomic E-state index is 0.293. The lowest BCUT2D eigenvalue weighted by Gasteiger charge is -2.20. The Hall–Kier alpha value is -1.29. The highest BCUT2D eigenvalue weighted by Gasteiger charge is 2.18. The normalized spacial score (nSPS) is 12.2. The Morgan fingerprint density at radius 2 is 1.95 bits per heavy atom. The summed E-state index contributed by atoms with van der Waals surface area (Å²) in [5, 5.41) is 4.16. The van der Waals surface area contributed by atoms with Gasteiger partial charge in [-0.25, -0.2) is 4.39 Å². The van der Waals surface area contributed by atoms with Crippen molar-refractivity contribution in [3.8, 4) is 5.75 Å². The summed E-state index contributed by atoms with van der Waals surface area (Å²) in [4.78, 5) is 0. The van der Waals surface area contributed by atoms with Crippen molar-refractivity contribution in [3.63, 3.8) is 0 Å². The van der Waals surface area contributed by atoms with Crippen molar-refractivity contribution in [2.75, 3.05) is 13.7 Å². The molecule has 0 heterocycles. The first-order valence-electron chi connectivity index (χ1n) is 6.58. The van der Waals surface area contributed by atoms with Gasteiger partial charge in [0.15, 0.2) is 0 Å². The molecule has 0 spiro atoms. The molecular formula is C16H16Cl2FNO. The fourth-order valence-electron chi connectivity index (χ4n) is 2.20. The Labute approximate surface area is 133 Å². The second-order valence-electron chi connectivity index (χ2n) is 4.55. The lowest BCUT2D eigenvalue weighted by molar-refractivity contribution is 0.413. The summed E-state index contributed by atoms with van der Waals surface area (Å²) in [7, 11) is 1.55. The lowest BCUT2D eigenvalue weighted by Crippen LogP contribution is -2.23. The highest BCUT2D eigenvalue weighted by molar-refractivity contribution is 6.32. The summed E-state index contributed by atoms with van der Waals surface area (Å²) >= 11 is 11.9. The molecule has 5 heteroatoms. The molecule has 2 aromatic rings. The topological polar surface area (TPSA) is 21.3 Å². The average Bonchev–Trinajstić information content (AvgIpc) is 2.46. The van der Waals surface area contributed by atoms with Crippen molar-refractivity contribution in [2.24, 2.45) is 0 Å². The smallest absolute Gasteiger partial charge is 0.137 e. The van der Waals surface area contributed by atoms with Crippen molar-refractivity contribution >= 4 is 23.2 Å². The van der Waals surface area contributed by atoms with Crippen LogP contribution in [-0.4, -0.2) is 13.7 Å². The van der Waals surface area contributed by atoms with Crippen LogP contribution in [-0.2, 0) is 0 Å². The first kappa shape index (κ1) is 16.1. The molecule has 0 aliphatic carbocycles. The van der Waals surface area contributed by atoms with Crippen molar-refractivity contribution in [2.45, 2.75) is 13.0 Å². The first-order chi connectivity index (χ1) is 10.1. The van der Waals surface area contributed by atoms with Crippen LogP contribution in [0.25, 0.3) is 0 Å². The van der Waals surface area contributed by atoms with Gasteiger partial charge in [-0.05, 0) is 36.4 Å². The minimum atomic E-state index is -0.345. The first-order valence-corrected chi connectivity index (χ1v) is 7.34. The van der Waals surface area contributed by atoms with E-state index >= 15 is 0 Å². The van der Waals surface area contributed by atoms with Crippen molar-refractivity contribution in [1.82, 2.24) is 5.32 Å². The molecule has 2 nitrogen and oxygen atoms in total. The number of hydrogen-bond donors (Lipinski definition) is 1. The standard InChI is InChI=1S/C16H16Cl2FNO/c1-3-20-16(12-6-5-11(17)9-14(12)19)10-4-7-13(18)15(8-10)21-2/h4-9,16,20H,3H2,1-2H3. The molecule has 0 bridgehead atoms. The molecule has 0 saturated carbocycles. The van der Waals surface area contributed by atoms with E-state index in [1.54, 1.807) is 25.3 Å². The van der Waals surface area contributed by atoms with Gasteiger partial charge >= 0.3 is 0 Å². The molecule has 2 aromatic carbocycles. The molecule has 1 N–H and O–H groups in total. The second-order valence-corrected chi connectivity index (χ2v) is 5.39. The summed E-state index contributed by atoms with van der Waals surface area (Å²) in [5.74, 6) is 0.216. The zero-order valence-corrected chi connectivity index (χ0v) is 13.3. The van der Waals surface area contributed by atoms with Gasteiger partial charge in [-0.2, -0.15) is 0 Å². The highest BCUT2D eigenvalue weighted by Crippen LogP contribution is 2.32. The fourth-order valence-corrected chi connectivity index (χ4v) is 2.56. The molecule has 112 valence electrons. The third kappa shape index (κ3) is 3.67. The van der Waals surface area contributed by atoms with E-state index < -0.39 is 0 Å². The van der Waals surface area contributed by atoms with Gasteiger partial charge in [0.2, 0.25) is 0 Å². The van der Waals surface area contributed by atoms with Gasteiger partial charge in [-0.3, -0.25) is 0 Å². The van der Waals surface area contributed by atoms with Gasteiger partial charge in [-0.15, -0.1) is 0 Å². The molecule has 0 aliphatic heterocycles. The molecule has 0 aromatic heterocycles. The van der Waals surface area contributed by atoms with Crippen LogP contribution < -0.4 is 10.1 Å². The van der Waals surface area contributed by atoms with Crippen molar-refractivity contribution in [3.05, 3.63) is 63.4 Å². The number of hydrogen-bond acceptors (Lipinski definition) is 2. The molecule has 0 radical (unpaired) electrons. The minimum Gasteiger partial charge on any atom is -0.495 e. The zero-order valence-electron chi connectivity index (χ0n) is 11.8. The van der Waals surface area contributed by atoms with E-state index in [-0.39, 0.29) is 11.9 Å². The summed E-state index contributed by atoms with van der Waals surface area (Å²) in [5.41, 5.74) is 1.41. The quantitative estimate of drug-likeness (QED) is 0.848. The molecule has 1 unspecified atom stereocenters. The van der Waals surface area contributed by atoms with Crippen LogP contribution in [0.15, 0.2) is 36.4 Å². The Kier molecular flexibility index (Phi) is 5.45. The van der Waals surface area contributed by atoms with Crippen LogP contribution in [0.1, 0.15) is 24.1 Å². The van der Waals surface area contributed by atoms with Gasteiger partial charge in [0.1, 0.15) is 11.6 Å². The predicted molar refractivity (Wildman–Crippen MR) is 84.9 cm³/mol. The SMILES string of the molecule is CCNC(c1ccc(Cl)c(OC)c1)c1ccc(Cl)cc1F. The van der Waals surface area contributed by atoms with E-state index in [2.05, 4.69) is 5.32 Å². The molecule has 1 atom stereocenters. The summed E-state index contributed by atoms with van der Waals surface area (Å²) in [6.07, 6.45) is 0. The van der Waals surface area contributed by atoms with Crippen LogP contribution in [0.4, 0.5) is 4.39 Å². The van der Waals surface area contributed by atoms with Crippen molar-refractivity contribution < 1.29 is 9.13 Å². The molecular weight excluding hydrogens is 312 g/mol. The largest absolute Gasteiger partial charge is 0.495 e. The summed E-state index contributed by atoms with van der Waals surface area (Å²) in [6.45, 7) is 2.66. The van der Waals surface area contributed by atoms with Gasteiger partial charge in [0.25, 0.3) is 0 Å². The fraction of sp³-hybridized carbons (Fsp3) is 0.250. The number of ether oxygens (including phenoxy) is 1. The van der Waals surface area contributed by atoms with Gasteiger partial charge in [0, 0.05) is 10.6 Å². The van der Waals surface area contributed by atoms with E-state index in [9.17, 15) is 4.39 Å². The molecule has 0 saturated heterocycles. The molecule has 2 rings (SSSR count). The Balaban J connectivity index is 2.47. The lowest BCUT2D eigenvalue weighted by atomic mass is 9.98. The molecule has 21 heavy (non-hydrogen) atoms. The third-order valence-corrected chi connectivity index (χ3v) is 3.74. The zero-order chi connectivity index (χ0) is 15.4. The van der Waals surface area contributed by atoms with E-state index in [4.69, 9.17) is 27.9 Å². The number of rotatable bonds is 5. The van der Waals surface area contributed by atoms with Crippen LogP contribution in [0, 0.1) is 5.82 Å².